The normalized spacial score (nSPS) is 15.3. The molecule has 1 aromatic heterocycles. The molecule has 1 aliphatic rings. The Hall–Kier alpha value is -2.55. The van der Waals surface area contributed by atoms with Crippen LogP contribution in [0.1, 0.15) is 10.8 Å². The van der Waals surface area contributed by atoms with Gasteiger partial charge in [0.15, 0.2) is 5.82 Å². The third-order valence-electron chi connectivity index (χ3n) is 4.65. The number of nitrogens with two attached hydrogens (primary N) is 1. The second kappa shape index (κ2) is 8.86. The van der Waals surface area contributed by atoms with Gasteiger partial charge in [0.25, 0.3) is 0 Å². The van der Waals surface area contributed by atoms with Crippen LogP contribution in [0.2, 0.25) is 5.02 Å². The van der Waals surface area contributed by atoms with Crippen molar-refractivity contribution in [2.75, 3.05) is 32.1 Å². The lowest BCUT2D eigenvalue weighted by atomic mass is 10.1. The van der Waals surface area contributed by atoms with Crippen molar-refractivity contribution in [3.63, 3.8) is 0 Å². The molecule has 2 N–H and O–H groups in total. The van der Waals surface area contributed by atoms with Crippen LogP contribution >= 0.6 is 23.4 Å². The molecule has 150 valence electrons. The molecule has 0 bridgehead atoms. The molecule has 1 amide bonds. The first-order valence-corrected chi connectivity index (χ1v) is 10.4. The summed E-state index contributed by atoms with van der Waals surface area (Å²) in [4.78, 5) is 15.1. The number of halogens is 1. The van der Waals surface area contributed by atoms with Crippen molar-refractivity contribution in [1.82, 2.24) is 19.8 Å². The average molecular weight is 430 g/mol. The van der Waals surface area contributed by atoms with Gasteiger partial charge in [0.1, 0.15) is 5.25 Å². The van der Waals surface area contributed by atoms with Crippen molar-refractivity contribution in [3.8, 4) is 11.4 Å². The Morgan fingerprint density at radius 2 is 1.76 bits per heavy atom. The van der Waals surface area contributed by atoms with E-state index in [0.717, 1.165) is 5.56 Å². The highest BCUT2D eigenvalue weighted by Crippen LogP contribution is 2.37. The number of ether oxygens (including phenoxy) is 1. The summed E-state index contributed by atoms with van der Waals surface area (Å²) in [6.07, 6.45) is 0. The molecule has 0 saturated carbocycles. The van der Waals surface area contributed by atoms with E-state index in [1.54, 1.807) is 6.07 Å². The van der Waals surface area contributed by atoms with E-state index in [9.17, 15) is 4.79 Å². The molecule has 29 heavy (non-hydrogen) atoms. The van der Waals surface area contributed by atoms with Crippen molar-refractivity contribution in [3.05, 3.63) is 65.2 Å². The zero-order valence-electron chi connectivity index (χ0n) is 15.6. The number of benzene rings is 2. The minimum Gasteiger partial charge on any atom is -0.378 e. The predicted octanol–water partition coefficient (Wildman–Crippen LogP) is 3.00. The van der Waals surface area contributed by atoms with Gasteiger partial charge in [-0.2, -0.15) is 0 Å². The highest BCUT2D eigenvalue weighted by atomic mass is 35.5. The van der Waals surface area contributed by atoms with Gasteiger partial charge in [-0.3, -0.25) is 4.79 Å². The van der Waals surface area contributed by atoms with Crippen LogP contribution in [0.3, 0.4) is 0 Å². The van der Waals surface area contributed by atoms with E-state index in [1.165, 1.54) is 16.4 Å². The molecule has 2 aromatic carbocycles. The second-order valence-electron chi connectivity index (χ2n) is 6.50. The molecule has 1 aliphatic heterocycles. The number of nitrogen functional groups attached to an aromatic ring is 1. The second-order valence-corrected chi connectivity index (χ2v) is 7.98. The maximum atomic E-state index is 13.3. The SMILES string of the molecule is Nn1c(S[C@@H](C(=O)N2CCOCC2)c2ccccc2)nnc1-c1ccccc1Cl. The van der Waals surface area contributed by atoms with Gasteiger partial charge in [0.2, 0.25) is 11.1 Å². The molecular weight excluding hydrogens is 410 g/mol. The van der Waals surface area contributed by atoms with Crippen molar-refractivity contribution >= 4 is 29.3 Å². The van der Waals surface area contributed by atoms with E-state index >= 15 is 0 Å². The number of aromatic nitrogens is 3. The molecule has 1 fully saturated rings. The van der Waals surface area contributed by atoms with Crippen molar-refractivity contribution < 1.29 is 9.53 Å². The van der Waals surface area contributed by atoms with Crippen LogP contribution in [0.4, 0.5) is 0 Å². The van der Waals surface area contributed by atoms with E-state index in [0.29, 0.717) is 47.9 Å². The summed E-state index contributed by atoms with van der Waals surface area (Å²) in [7, 11) is 0. The zero-order valence-corrected chi connectivity index (χ0v) is 17.1. The first-order chi connectivity index (χ1) is 14.1. The largest absolute Gasteiger partial charge is 0.378 e. The molecule has 0 spiro atoms. The van der Waals surface area contributed by atoms with Gasteiger partial charge in [-0.15, -0.1) is 10.2 Å². The Bertz CT molecular complexity index is 992. The van der Waals surface area contributed by atoms with Gasteiger partial charge in [-0.25, -0.2) is 4.68 Å². The summed E-state index contributed by atoms with van der Waals surface area (Å²) < 4.78 is 6.76. The third-order valence-corrected chi connectivity index (χ3v) is 6.18. The fraction of sp³-hybridized carbons (Fsp3) is 0.250. The van der Waals surface area contributed by atoms with Crippen LogP contribution in [0.15, 0.2) is 59.8 Å². The first-order valence-electron chi connectivity index (χ1n) is 9.18. The summed E-state index contributed by atoms with van der Waals surface area (Å²) in [5.41, 5.74) is 1.57. The van der Waals surface area contributed by atoms with Crippen LogP contribution < -0.4 is 5.84 Å². The maximum Gasteiger partial charge on any atom is 0.240 e. The number of hydrogen-bond donors (Lipinski definition) is 1. The van der Waals surface area contributed by atoms with Crippen molar-refractivity contribution in [2.45, 2.75) is 10.4 Å². The maximum absolute atomic E-state index is 13.3. The summed E-state index contributed by atoms with van der Waals surface area (Å²) in [5.74, 6) is 6.73. The molecule has 1 atom stereocenters. The molecule has 4 rings (SSSR count). The van der Waals surface area contributed by atoms with Crippen LogP contribution in [0.25, 0.3) is 11.4 Å². The van der Waals surface area contributed by atoms with Crippen LogP contribution in [0.5, 0.6) is 0 Å². The summed E-state index contributed by atoms with van der Waals surface area (Å²) in [5, 5.41) is 8.91. The quantitative estimate of drug-likeness (QED) is 0.495. The smallest absolute Gasteiger partial charge is 0.240 e. The van der Waals surface area contributed by atoms with Crippen molar-refractivity contribution in [1.29, 1.82) is 0 Å². The topological polar surface area (TPSA) is 86.3 Å². The molecule has 3 aromatic rings. The number of rotatable bonds is 5. The molecular formula is C20H20ClN5O2S. The van der Waals surface area contributed by atoms with Crippen molar-refractivity contribution in [2.24, 2.45) is 0 Å². The van der Waals surface area contributed by atoms with E-state index in [-0.39, 0.29) is 5.91 Å². The van der Waals surface area contributed by atoms with Crippen LogP contribution in [-0.4, -0.2) is 52.0 Å². The number of carbonyl (C=O) groups is 1. The number of nitrogens with zero attached hydrogens (tertiary/aromatic N) is 4. The molecule has 7 nitrogen and oxygen atoms in total. The molecule has 0 radical (unpaired) electrons. The number of thioether (sulfide) groups is 1. The lowest BCUT2D eigenvalue weighted by Gasteiger charge is -2.30. The van der Waals surface area contributed by atoms with Gasteiger partial charge in [0, 0.05) is 18.7 Å². The Labute approximate surface area is 177 Å². The summed E-state index contributed by atoms with van der Waals surface area (Å²) in [6, 6.07) is 16.9. The van der Waals surface area contributed by atoms with Gasteiger partial charge >= 0.3 is 0 Å². The van der Waals surface area contributed by atoms with E-state index in [1.807, 2.05) is 53.4 Å². The monoisotopic (exact) mass is 429 g/mol. The summed E-state index contributed by atoms with van der Waals surface area (Å²) in [6.45, 7) is 2.23. The molecule has 1 saturated heterocycles. The summed E-state index contributed by atoms with van der Waals surface area (Å²) >= 11 is 7.56. The number of amides is 1. The zero-order chi connectivity index (χ0) is 20.2. The molecule has 0 aliphatic carbocycles. The average Bonchev–Trinajstić information content (AvgIpc) is 3.13. The highest BCUT2D eigenvalue weighted by molar-refractivity contribution is 8.00. The minimum atomic E-state index is -0.486. The van der Waals surface area contributed by atoms with Gasteiger partial charge in [0.05, 0.1) is 18.2 Å². The van der Waals surface area contributed by atoms with Gasteiger partial charge in [-0.1, -0.05) is 65.8 Å². The first kappa shape index (κ1) is 19.8. The number of carbonyl (C=O) groups excluding carboxylic acids is 1. The highest BCUT2D eigenvalue weighted by Gasteiger charge is 2.30. The molecule has 9 heteroatoms. The Morgan fingerprint density at radius 3 is 2.48 bits per heavy atom. The van der Waals surface area contributed by atoms with E-state index in [4.69, 9.17) is 22.2 Å². The van der Waals surface area contributed by atoms with Gasteiger partial charge < -0.3 is 15.5 Å². The Kier molecular flexibility index (Phi) is 6.03. The molecule has 0 unspecified atom stereocenters. The Morgan fingerprint density at radius 1 is 1.07 bits per heavy atom. The lowest BCUT2D eigenvalue weighted by Crippen LogP contribution is -2.42. The lowest BCUT2D eigenvalue weighted by molar-refractivity contribution is -0.134. The van der Waals surface area contributed by atoms with E-state index in [2.05, 4.69) is 10.2 Å². The third kappa shape index (κ3) is 4.24. The van der Waals surface area contributed by atoms with Gasteiger partial charge in [-0.05, 0) is 17.7 Å². The van der Waals surface area contributed by atoms with Crippen LogP contribution in [0, 0.1) is 0 Å². The van der Waals surface area contributed by atoms with E-state index < -0.39 is 5.25 Å². The van der Waals surface area contributed by atoms with Crippen LogP contribution in [-0.2, 0) is 9.53 Å². The number of hydrogen-bond acceptors (Lipinski definition) is 6. The fourth-order valence-corrected chi connectivity index (χ4v) is 4.39. The fourth-order valence-electron chi connectivity index (χ4n) is 3.13. The standard InChI is InChI=1S/C20H20ClN5O2S/c21-16-9-5-4-8-15(16)18-23-24-20(26(18)22)29-17(14-6-2-1-3-7-14)19(27)25-10-12-28-13-11-25/h1-9,17H,10-13,22H2/t17-/m1/s1. The Balaban J connectivity index is 1.65. The predicted molar refractivity (Wildman–Crippen MR) is 113 cm³/mol. The molecule has 2 heterocycles. The number of morpholine rings is 1. The minimum absolute atomic E-state index is 0.00629.